The Kier molecular flexibility index (Phi) is 7.74. The molecule has 0 saturated heterocycles. The summed E-state index contributed by atoms with van der Waals surface area (Å²) in [7, 11) is 5.54. The molecule has 1 amide bonds. The molecule has 192 valence electrons. The van der Waals surface area contributed by atoms with Gasteiger partial charge in [0.05, 0.1) is 17.5 Å². The molecule has 0 fully saturated rings. The van der Waals surface area contributed by atoms with Gasteiger partial charge in [-0.25, -0.2) is 9.07 Å². The number of amides is 1. The van der Waals surface area contributed by atoms with Crippen molar-refractivity contribution in [2.75, 3.05) is 34.3 Å². The molecule has 1 heterocycles. The third-order valence-electron chi connectivity index (χ3n) is 5.87. The Labute approximate surface area is 214 Å². The maximum atomic E-state index is 14.4. The van der Waals surface area contributed by atoms with Crippen LogP contribution in [-0.4, -0.2) is 70.0 Å². The number of aromatic hydroxyl groups is 2. The van der Waals surface area contributed by atoms with Gasteiger partial charge in [-0.1, -0.05) is 30.3 Å². The first-order chi connectivity index (χ1) is 17.8. The van der Waals surface area contributed by atoms with E-state index in [0.29, 0.717) is 18.1 Å². The molecule has 0 saturated carbocycles. The van der Waals surface area contributed by atoms with Crippen LogP contribution >= 0.6 is 0 Å². The first-order valence-electron chi connectivity index (χ1n) is 11.7. The minimum absolute atomic E-state index is 0.0115. The van der Waals surface area contributed by atoms with Gasteiger partial charge in [-0.15, -0.1) is 0 Å². The fourth-order valence-electron chi connectivity index (χ4n) is 3.92. The van der Waals surface area contributed by atoms with Gasteiger partial charge in [-0.3, -0.25) is 4.79 Å². The maximum Gasteiger partial charge on any atom is 0.257 e. The van der Waals surface area contributed by atoms with Gasteiger partial charge in [0.15, 0.2) is 0 Å². The van der Waals surface area contributed by atoms with Crippen LogP contribution in [0.1, 0.15) is 15.9 Å². The molecule has 0 bridgehead atoms. The molecule has 4 rings (SSSR count). The van der Waals surface area contributed by atoms with Crippen molar-refractivity contribution in [3.8, 4) is 34.2 Å². The van der Waals surface area contributed by atoms with Crippen molar-refractivity contribution in [1.29, 1.82) is 0 Å². The number of hydrogen-bond acceptors (Lipinski definition) is 6. The second-order valence-electron chi connectivity index (χ2n) is 8.89. The number of carbonyl (C=O) groups excluding carboxylic acids is 1. The average molecular weight is 505 g/mol. The number of carbonyl (C=O) groups is 1. The molecule has 37 heavy (non-hydrogen) atoms. The van der Waals surface area contributed by atoms with Gasteiger partial charge in [0.1, 0.15) is 35.4 Å². The molecule has 0 aliphatic heterocycles. The van der Waals surface area contributed by atoms with Gasteiger partial charge >= 0.3 is 0 Å². The lowest BCUT2D eigenvalue weighted by Crippen LogP contribution is -2.27. The monoisotopic (exact) mass is 504 g/mol. The van der Waals surface area contributed by atoms with E-state index in [1.165, 1.54) is 27.9 Å². The predicted molar refractivity (Wildman–Crippen MR) is 139 cm³/mol. The Bertz CT molecular complexity index is 1400. The molecular weight excluding hydrogens is 475 g/mol. The number of phenols is 2. The van der Waals surface area contributed by atoms with Gasteiger partial charge in [0.25, 0.3) is 5.91 Å². The Balaban J connectivity index is 1.62. The topological polar surface area (TPSA) is 91.1 Å². The van der Waals surface area contributed by atoms with Crippen LogP contribution in [-0.2, 0) is 6.54 Å². The van der Waals surface area contributed by atoms with Gasteiger partial charge in [-0.2, -0.15) is 5.10 Å². The zero-order valence-electron chi connectivity index (χ0n) is 20.9. The van der Waals surface area contributed by atoms with E-state index in [4.69, 9.17) is 4.74 Å². The zero-order chi connectivity index (χ0) is 26.5. The lowest BCUT2D eigenvalue weighted by molar-refractivity contribution is 0.0781. The number of nitrogens with zero attached hydrogens (tertiary/aromatic N) is 4. The summed E-state index contributed by atoms with van der Waals surface area (Å²) in [4.78, 5) is 16.9. The fraction of sp³-hybridized carbons (Fsp3) is 0.214. The standard InChI is InChI=1S/C28H29FN4O4/c1-31(2)14-15-37-27-11-7-4-8-19(27)18-32(3)28(36)21-16-20(25(34)17-26(21)35)23-12-13-30-33(23)24-10-6-5-9-22(24)29/h4-13,16-17,34-35H,14-15,18H2,1-3H3. The minimum Gasteiger partial charge on any atom is -0.507 e. The Morgan fingerprint density at radius 1 is 1.00 bits per heavy atom. The van der Waals surface area contributed by atoms with Crippen LogP contribution in [0.25, 0.3) is 16.9 Å². The summed E-state index contributed by atoms with van der Waals surface area (Å²) in [5.41, 5.74) is 1.57. The van der Waals surface area contributed by atoms with Crippen LogP contribution in [0.2, 0.25) is 0 Å². The van der Waals surface area contributed by atoms with Gasteiger partial charge in [0.2, 0.25) is 0 Å². The molecule has 0 atom stereocenters. The molecule has 1 aromatic heterocycles. The highest BCUT2D eigenvalue weighted by Crippen LogP contribution is 2.36. The van der Waals surface area contributed by atoms with Crippen LogP contribution in [0.15, 0.2) is 72.9 Å². The minimum atomic E-state index is -0.492. The average Bonchev–Trinajstić information content (AvgIpc) is 3.34. The number of benzene rings is 3. The molecule has 9 heteroatoms. The van der Waals surface area contributed by atoms with E-state index < -0.39 is 11.7 Å². The van der Waals surface area contributed by atoms with E-state index in [1.54, 1.807) is 31.3 Å². The smallest absolute Gasteiger partial charge is 0.257 e. The summed E-state index contributed by atoms with van der Waals surface area (Å²) in [6.45, 7) is 1.48. The Morgan fingerprint density at radius 3 is 2.49 bits per heavy atom. The normalized spacial score (nSPS) is 11.1. The van der Waals surface area contributed by atoms with Crippen LogP contribution in [0, 0.1) is 5.82 Å². The molecule has 4 aromatic rings. The van der Waals surface area contributed by atoms with Crippen molar-refractivity contribution >= 4 is 5.91 Å². The van der Waals surface area contributed by atoms with E-state index in [2.05, 4.69) is 5.10 Å². The van der Waals surface area contributed by atoms with Crippen LogP contribution in [0.4, 0.5) is 4.39 Å². The SMILES string of the molecule is CN(C)CCOc1ccccc1CN(C)C(=O)c1cc(-c2ccnn2-c2ccccc2F)c(O)cc1O. The molecule has 3 aromatic carbocycles. The summed E-state index contributed by atoms with van der Waals surface area (Å²) >= 11 is 0. The maximum absolute atomic E-state index is 14.4. The zero-order valence-corrected chi connectivity index (χ0v) is 20.9. The molecule has 0 radical (unpaired) electrons. The fourth-order valence-corrected chi connectivity index (χ4v) is 3.92. The number of aromatic nitrogens is 2. The number of rotatable bonds is 9. The Hall–Kier alpha value is -4.37. The number of hydrogen-bond donors (Lipinski definition) is 2. The quantitative estimate of drug-likeness (QED) is 0.353. The summed E-state index contributed by atoms with van der Waals surface area (Å²) < 4.78 is 21.7. The third kappa shape index (κ3) is 5.73. The molecule has 0 spiro atoms. The van der Waals surface area contributed by atoms with Crippen molar-refractivity contribution in [3.63, 3.8) is 0 Å². The summed E-state index contributed by atoms with van der Waals surface area (Å²) in [6, 6.07) is 17.7. The van der Waals surface area contributed by atoms with Crippen molar-refractivity contribution < 1.29 is 24.1 Å². The van der Waals surface area contributed by atoms with Gasteiger partial charge in [0, 0.05) is 37.3 Å². The predicted octanol–water partition coefficient (Wildman–Crippen LogP) is 4.30. The first kappa shape index (κ1) is 25.7. The number of likely N-dealkylation sites (N-methyl/N-ethyl adjacent to an activating group) is 1. The lowest BCUT2D eigenvalue weighted by Gasteiger charge is -2.21. The van der Waals surface area contributed by atoms with Crippen LogP contribution in [0.5, 0.6) is 17.2 Å². The van der Waals surface area contributed by atoms with E-state index >= 15 is 0 Å². The third-order valence-corrected chi connectivity index (χ3v) is 5.87. The van der Waals surface area contributed by atoms with Crippen molar-refractivity contribution in [3.05, 3.63) is 89.9 Å². The second kappa shape index (κ2) is 11.1. The molecule has 8 nitrogen and oxygen atoms in total. The molecule has 0 aliphatic rings. The van der Waals surface area contributed by atoms with E-state index in [1.807, 2.05) is 43.3 Å². The Morgan fingerprint density at radius 2 is 1.73 bits per heavy atom. The first-order valence-corrected chi connectivity index (χ1v) is 11.7. The van der Waals surface area contributed by atoms with E-state index in [0.717, 1.165) is 18.2 Å². The van der Waals surface area contributed by atoms with Crippen LogP contribution in [0.3, 0.4) is 0 Å². The lowest BCUT2D eigenvalue weighted by atomic mass is 10.0. The molecule has 0 aliphatic carbocycles. The summed E-state index contributed by atoms with van der Waals surface area (Å²) in [5.74, 6) is -0.916. The summed E-state index contributed by atoms with van der Waals surface area (Å²) in [5, 5.41) is 25.3. The number of phenolic OH excluding ortho intramolecular Hbond substituents is 2. The largest absolute Gasteiger partial charge is 0.507 e. The van der Waals surface area contributed by atoms with Crippen molar-refractivity contribution in [2.45, 2.75) is 6.54 Å². The number of halogens is 1. The highest BCUT2D eigenvalue weighted by Gasteiger charge is 2.22. The van der Waals surface area contributed by atoms with Gasteiger partial charge in [-0.05, 0) is 44.4 Å². The van der Waals surface area contributed by atoms with E-state index in [-0.39, 0.29) is 34.9 Å². The highest BCUT2D eigenvalue weighted by molar-refractivity contribution is 5.98. The molecule has 2 N–H and O–H groups in total. The highest BCUT2D eigenvalue weighted by atomic mass is 19.1. The number of para-hydroxylation sites is 2. The van der Waals surface area contributed by atoms with Crippen molar-refractivity contribution in [2.24, 2.45) is 0 Å². The van der Waals surface area contributed by atoms with Crippen molar-refractivity contribution in [1.82, 2.24) is 19.6 Å². The number of ether oxygens (including phenoxy) is 1. The van der Waals surface area contributed by atoms with Gasteiger partial charge < -0.3 is 24.7 Å². The molecule has 0 unspecified atom stereocenters. The summed E-state index contributed by atoms with van der Waals surface area (Å²) in [6.07, 6.45) is 1.47. The second-order valence-corrected chi connectivity index (χ2v) is 8.89. The molecular formula is C28H29FN4O4. The van der Waals surface area contributed by atoms with Crippen LogP contribution < -0.4 is 4.74 Å². The van der Waals surface area contributed by atoms with E-state index in [9.17, 15) is 19.4 Å².